The molecule has 1 saturated carbocycles. The second kappa shape index (κ2) is 7.43. The van der Waals surface area contributed by atoms with Crippen LogP contribution in [0, 0.1) is 5.92 Å². The zero-order chi connectivity index (χ0) is 20.8. The summed E-state index contributed by atoms with van der Waals surface area (Å²) in [6.45, 7) is 3.76. The average Bonchev–Trinajstić information content (AvgIpc) is 3.34. The minimum atomic E-state index is -0.431. The number of esters is 1. The first-order valence-electron chi connectivity index (χ1n) is 10.2. The van der Waals surface area contributed by atoms with Gasteiger partial charge in [-0.15, -0.1) is 0 Å². The lowest BCUT2D eigenvalue weighted by molar-refractivity contribution is 0.0513. The summed E-state index contributed by atoms with van der Waals surface area (Å²) in [5, 5.41) is 5.14. The molecule has 0 saturated heterocycles. The van der Waals surface area contributed by atoms with E-state index in [1.807, 2.05) is 4.68 Å². The fraction of sp³-hybridized carbons (Fsp3) is 0.429. The highest BCUT2D eigenvalue weighted by Crippen LogP contribution is 2.33. The maximum Gasteiger partial charge on any atom is 0.359 e. The molecule has 156 valence electrons. The number of amides is 1. The Balaban J connectivity index is 1.44. The van der Waals surface area contributed by atoms with Gasteiger partial charge in [-0.2, -0.15) is 5.10 Å². The molecule has 0 radical (unpaired) electrons. The maximum atomic E-state index is 13.1. The second-order valence-corrected chi connectivity index (χ2v) is 8.27. The normalized spacial score (nSPS) is 16.0. The molecule has 5 rings (SSSR count). The Morgan fingerprint density at radius 2 is 2.10 bits per heavy atom. The van der Waals surface area contributed by atoms with E-state index in [9.17, 15) is 9.59 Å². The Labute approximate surface area is 178 Å². The van der Waals surface area contributed by atoms with Gasteiger partial charge in [0.15, 0.2) is 5.69 Å². The number of halogens is 1. The van der Waals surface area contributed by atoms with Crippen molar-refractivity contribution in [3.8, 4) is 0 Å². The van der Waals surface area contributed by atoms with E-state index in [2.05, 4.69) is 10.1 Å². The molecular weight excluding hydrogens is 406 g/mol. The lowest BCUT2D eigenvalue weighted by atomic mass is 10.0. The van der Waals surface area contributed by atoms with Gasteiger partial charge in [-0.25, -0.2) is 9.78 Å². The standard InChI is InChI=1S/C21H22ClN5O3/c1-2-30-21(29)19-15-11-25(8-7-17(15)27(24-19)9-13-3-4-13)20(28)16-12-26-10-14(22)5-6-18(26)23-16/h5-6,10,12-13H,2-4,7-9,11H2,1H3. The van der Waals surface area contributed by atoms with Gasteiger partial charge in [0.2, 0.25) is 0 Å². The number of rotatable bonds is 5. The van der Waals surface area contributed by atoms with Gasteiger partial charge in [0.25, 0.3) is 5.91 Å². The van der Waals surface area contributed by atoms with Crippen molar-refractivity contribution in [1.29, 1.82) is 0 Å². The average molecular weight is 428 g/mol. The molecule has 0 unspecified atom stereocenters. The highest BCUT2D eigenvalue weighted by atomic mass is 35.5. The molecular formula is C21H22ClN5O3. The fourth-order valence-corrected chi connectivity index (χ4v) is 4.12. The van der Waals surface area contributed by atoms with Crippen LogP contribution in [0.3, 0.4) is 0 Å². The Hall–Kier alpha value is -2.87. The van der Waals surface area contributed by atoms with Crippen LogP contribution in [-0.4, -0.2) is 49.1 Å². The zero-order valence-electron chi connectivity index (χ0n) is 16.7. The first kappa shape index (κ1) is 19.1. The molecule has 0 atom stereocenters. The Bertz CT molecular complexity index is 1150. The predicted octanol–water partition coefficient (Wildman–Crippen LogP) is 2.97. The second-order valence-electron chi connectivity index (χ2n) is 7.84. The smallest absolute Gasteiger partial charge is 0.359 e. The van der Waals surface area contributed by atoms with Crippen molar-refractivity contribution >= 4 is 29.1 Å². The SMILES string of the molecule is CCOC(=O)c1nn(CC2CC2)c2c1CN(C(=O)c1cn3cc(Cl)ccc3n1)CC2. The molecule has 4 heterocycles. The number of carbonyl (C=O) groups is 2. The van der Waals surface area contributed by atoms with Crippen molar-refractivity contribution in [1.82, 2.24) is 24.1 Å². The number of imidazole rings is 1. The summed E-state index contributed by atoms with van der Waals surface area (Å²) < 4.78 is 8.90. The van der Waals surface area contributed by atoms with Crippen molar-refractivity contribution in [3.63, 3.8) is 0 Å². The van der Waals surface area contributed by atoms with Gasteiger partial charge in [-0.1, -0.05) is 11.6 Å². The predicted molar refractivity (Wildman–Crippen MR) is 110 cm³/mol. The third kappa shape index (κ3) is 3.45. The van der Waals surface area contributed by atoms with Gasteiger partial charge in [0.1, 0.15) is 11.3 Å². The number of pyridine rings is 1. The molecule has 2 aliphatic rings. The maximum absolute atomic E-state index is 13.1. The number of ether oxygens (including phenoxy) is 1. The van der Waals surface area contributed by atoms with Crippen molar-refractivity contribution in [2.45, 2.75) is 39.3 Å². The molecule has 0 spiro atoms. The van der Waals surface area contributed by atoms with Crippen LogP contribution >= 0.6 is 11.6 Å². The zero-order valence-corrected chi connectivity index (χ0v) is 17.4. The van der Waals surface area contributed by atoms with Crippen LogP contribution in [0.1, 0.15) is 52.0 Å². The molecule has 1 fully saturated rings. The summed E-state index contributed by atoms with van der Waals surface area (Å²) in [6.07, 6.45) is 6.45. The molecule has 0 aromatic carbocycles. The first-order valence-corrected chi connectivity index (χ1v) is 10.6. The lowest BCUT2D eigenvalue weighted by Crippen LogP contribution is -2.37. The molecule has 1 aliphatic carbocycles. The van der Waals surface area contributed by atoms with Crippen molar-refractivity contribution in [2.24, 2.45) is 5.92 Å². The van der Waals surface area contributed by atoms with Crippen molar-refractivity contribution in [2.75, 3.05) is 13.2 Å². The topological polar surface area (TPSA) is 81.7 Å². The van der Waals surface area contributed by atoms with E-state index in [0.29, 0.717) is 47.5 Å². The van der Waals surface area contributed by atoms with Gasteiger partial charge in [-0.05, 0) is 37.8 Å². The van der Waals surface area contributed by atoms with E-state index >= 15 is 0 Å². The summed E-state index contributed by atoms with van der Waals surface area (Å²) in [5.41, 5.74) is 3.16. The molecule has 1 aliphatic heterocycles. The summed E-state index contributed by atoms with van der Waals surface area (Å²) in [7, 11) is 0. The van der Waals surface area contributed by atoms with Crippen LogP contribution in [0.25, 0.3) is 5.65 Å². The molecule has 8 nitrogen and oxygen atoms in total. The van der Waals surface area contributed by atoms with Gasteiger partial charge >= 0.3 is 5.97 Å². The highest BCUT2D eigenvalue weighted by molar-refractivity contribution is 6.30. The van der Waals surface area contributed by atoms with E-state index in [1.54, 1.807) is 40.8 Å². The van der Waals surface area contributed by atoms with Crippen LogP contribution in [0.5, 0.6) is 0 Å². The summed E-state index contributed by atoms with van der Waals surface area (Å²) in [4.78, 5) is 31.8. The van der Waals surface area contributed by atoms with E-state index in [4.69, 9.17) is 16.3 Å². The monoisotopic (exact) mass is 427 g/mol. The number of fused-ring (bicyclic) bond motifs is 2. The molecule has 30 heavy (non-hydrogen) atoms. The van der Waals surface area contributed by atoms with E-state index in [-0.39, 0.29) is 12.5 Å². The van der Waals surface area contributed by atoms with Crippen LogP contribution in [0.15, 0.2) is 24.5 Å². The van der Waals surface area contributed by atoms with Crippen LogP contribution in [0.4, 0.5) is 0 Å². The molecule has 3 aromatic heterocycles. The Morgan fingerprint density at radius 1 is 1.27 bits per heavy atom. The Morgan fingerprint density at radius 3 is 2.87 bits per heavy atom. The molecule has 0 N–H and O–H groups in total. The minimum absolute atomic E-state index is 0.176. The largest absolute Gasteiger partial charge is 0.461 e. The molecule has 1 amide bonds. The third-order valence-corrected chi connectivity index (χ3v) is 5.88. The lowest BCUT2D eigenvalue weighted by Gasteiger charge is -2.27. The summed E-state index contributed by atoms with van der Waals surface area (Å²) in [5.74, 6) is 0.0266. The van der Waals surface area contributed by atoms with E-state index in [1.165, 1.54) is 12.8 Å². The van der Waals surface area contributed by atoms with Gasteiger partial charge in [0.05, 0.1) is 18.2 Å². The van der Waals surface area contributed by atoms with E-state index < -0.39 is 5.97 Å². The highest BCUT2D eigenvalue weighted by Gasteiger charge is 2.33. The minimum Gasteiger partial charge on any atom is -0.461 e. The quantitative estimate of drug-likeness (QED) is 0.585. The van der Waals surface area contributed by atoms with Crippen LogP contribution < -0.4 is 0 Å². The van der Waals surface area contributed by atoms with Gasteiger partial charge in [0, 0.05) is 43.2 Å². The first-order chi connectivity index (χ1) is 14.5. The van der Waals surface area contributed by atoms with Crippen LogP contribution in [-0.2, 0) is 24.2 Å². The fourth-order valence-electron chi connectivity index (χ4n) is 3.95. The number of hydrogen-bond donors (Lipinski definition) is 0. The summed E-state index contributed by atoms with van der Waals surface area (Å²) >= 11 is 6.03. The Kier molecular flexibility index (Phi) is 4.73. The van der Waals surface area contributed by atoms with Gasteiger partial charge < -0.3 is 14.0 Å². The van der Waals surface area contributed by atoms with E-state index in [0.717, 1.165) is 17.8 Å². The molecule has 3 aromatic rings. The summed E-state index contributed by atoms with van der Waals surface area (Å²) in [6, 6.07) is 3.51. The number of hydrogen-bond acceptors (Lipinski definition) is 5. The molecule has 0 bridgehead atoms. The third-order valence-electron chi connectivity index (χ3n) is 5.65. The molecule has 9 heteroatoms. The number of nitrogens with zero attached hydrogens (tertiary/aromatic N) is 5. The number of carbonyl (C=O) groups excluding carboxylic acids is 2. The van der Waals surface area contributed by atoms with Gasteiger partial charge in [-0.3, -0.25) is 9.48 Å². The number of aromatic nitrogens is 4. The van der Waals surface area contributed by atoms with Crippen molar-refractivity contribution < 1.29 is 14.3 Å². The van der Waals surface area contributed by atoms with Crippen molar-refractivity contribution in [3.05, 3.63) is 52.2 Å². The van der Waals surface area contributed by atoms with Crippen LogP contribution in [0.2, 0.25) is 5.02 Å².